The van der Waals surface area contributed by atoms with Crippen molar-refractivity contribution in [3.63, 3.8) is 0 Å². The predicted molar refractivity (Wildman–Crippen MR) is 81.6 cm³/mol. The van der Waals surface area contributed by atoms with Crippen LogP contribution in [0, 0.1) is 0 Å². The van der Waals surface area contributed by atoms with Crippen LogP contribution in [0.1, 0.15) is 10.9 Å². The van der Waals surface area contributed by atoms with E-state index in [0.717, 1.165) is 25.6 Å². The molecule has 0 spiro atoms. The molecule has 0 radical (unpaired) electrons. The van der Waals surface area contributed by atoms with Gasteiger partial charge in [-0.3, -0.25) is 11.3 Å². The average molecular weight is 319 g/mol. The Morgan fingerprint density at radius 2 is 2.00 bits per heavy atom. The van der Waals surface area contributed by atoms with Gasteiger partial charge in [-0.2, -0.15) is 0 Å². The molecule has 2 aromatic rings. The highest BCUT2D eigenvalue weighted by Gasteiger charge is 2.15. The Morgan fingerprint density at radius 3 is 2.61 bits per heavy atom. The van der Waals surface area contributed by atoms with Crippen molar-refractivity contribution in [2.24, 2.45) is 5.84 Å². The summed E-state index contributed by atoms with van der Waals surface area (Å²) >= 11 is 15.5. The van der Waals surface area contributed by atoms with Gasteiger partial charge in [0.05, 0.1) is 16.1 Å². The first-order chi connectivity index (χ1) is 8.72. The second-order valence-electron chi connectivity index (χ2n) is 3.59. The maximum atomic E-state index is 6.11. The molecule has 0 aliphatic carbocycles. The van der Waals surface area contributed by atoms with Crippen LogP contribution in [0.4, 0.5) is 0 Å². The monoisotopic (exact) mass is 318 g/mol. The number of nitrogens with one attached hydrogen (secondary N) is 1. The Morgan fingerprint density at radius 1 is 1.22 bits per heavy atom. The molecular formula is C12H12Cl2N2S2. The van der Waals surface area contributed by atoms with Gasteiger partial charge in [-0.05, 0) is 23.6 Å². The van der Waals surface area contributed by atoms with Gasteiger partial charge in [0.15, 0.2) is 0 Å². The van der Waals surface area contributed by atoms with Crippen molar-refractivity contribution in [3.05, 3.63) is 50.6 Å². The van der Waals surface area contributed by atoms with Crippen molar-refractivity contribution in [1.29, 1.82) is 0 Å². The number of halogens is 2. The Balaban J connectivity index is 2.05. The van der Waals surface area contributed by atoms with Gasteiger partial charge in [-0.15, -0.1) is 23.1 Å². The van der Waals surface area contributed by atoms with E-state index in [4.69, 9.17) is 29.0 Å². The molecular weight excluding hydrogens is 307 g/mol. The molecule has 0 saturated carbocycles. The summed E-state index contributed by atoms with van der Waals surface area (Å²) in [5.41, 5.74) is 2.80. The molecule has 6 heteroatoms. The minimum atomic E-state index is 0.0266. The molecule has 1 heterocycles. The maximum absolute atomic E-state index is 6.11. The summed E-state index contributed by atoms with van der Waals surface area (Å²) in [6.45, 7) is 0. The van der Waals surface area contributed by atoms with Crippen molar-refractivity contribution in [2.45, 2.75) is 10.9 Å². The second kappa shape index (κ2) is 6.80. The predicted octanol–water partition coefficient (Wildman–Crippen LogP) is 4.35. The summed E-state index contributed by atoms with van der Waals surface area (Å²) in [7, 11) is 0. The fourth-order valence-corrected chi connectivity index (χ4v) is 4.13. The number of rotatable bonds is 5. The van der Waals surface area contributed by atoms with Gasteiger partial charge in [-0.25, -0.2) is 0 Å². The number of thioether (sulfide) groups is 1. The minimum absolute atomic E-state index is 0.0266. The van der Waals surface area contributed by atoms with E-state index in [2.05, 4.69) is 5.43 Å². The minimum Gasteiger partial charge on any atom is -0.271 e. The van der Waals surface area contributed by atoms with E-state index in [1.807, 2.05) is 35.7 Å². The first-order valence-corrected chi connectivity index (χ1v) is 7.91. The van der Waals surface area contributed by atoms with E-state index >= 15 is 0 Å². The number of hydrogen-bond donors (Lipinski definition) is 2. The Hall–Kier alpha value is -0.230. The maximum Gasteiger partial charge on any atom is 0.0662 e. The summed E-state index contributed by atoms with van der Waals surface area (Å²) in [4.78, 5) is 2.10. The molecule has 96 valence electrons. The lowest BCUT2D eigenvalue weighted by atomic mass is 10.3. The molecule has 1 atom stereocenters. The topological polar surface area (TPSA) is 38.0 Å². The highest BCUT2D eigenvalue weighted by atomic mass is 35.5. The van der Waals surface area contributed by atoms with E-state index in [0.29, 0.717) is 0 Å². The molecule has 0 saturated heterocycles. The normalized spacial score (nSPS) is 12.6. The number of hydrazine groups is 1. The molecule has 18 heavy (non-hydrogen) atoms. The second-order valence-corrected chi connectivity index (χ2v) is 6.42. The smallest absolute Gasteiger partial charge is 0.0662 e. The van der Waals surface area contributed by atoms with E-state index in [1.54, 1.807) is 23.1 Å². The molecule has 0 aliphatic heterocycles. The molecule has 0 aliphatic rings. The first-order valence-electron chi connectivity index (χ1n) is 5.28. The van der Waals surface area contributed by atoms with Crippen molar-refractivity contribution in [1.82, 2.24) is 5.43 Å². The third-order valence-electron chi connectivity index (χ3n) is 2.40. The molecule has 0 amide bonds. The molecule has 1 aromatic carbocycles. The summed E-state index contributed by atoms with van der Waals surface area (Å²) in [6.07, 6.45) is 0. The average Bonchev–Trinajstić information content (AvgIpc) is 2.79. The van der Waals surface area contributed by atoms with E-state index in [9.17, 15) is 0 Å². The van der Waals surface area contributed by atoms with Crippen LogP contribution >= 0.6 is 46.3 Å². The lowest BCUT2D eigenvalue weighted by Gasteiger charge is -2.14. The fourth-order valence-electron chi connectivity index (χ4n) is 1.49. The SMILES string of the molecule is NNC(CSc1ccccc1Cl)c1sccc1Cl. The van der Waals surface area contributed by atoms with Gasteiger partial charge < -0.3 is 0 Å². The van der Waals surface area contributed by atoms with Crippen molar-refractivity contribution in [3.8, 4) is 0 Å². The molecule has 2 rings (SSSR count). The number of hydrogen-bond acceptors (Lipinski definition) is 4. The van der Waals surface area contributed by atoms with E-state index in [-0.39, 0.29) is 6.04 Å². The summed E-state index contributed by atoms with van der Waals surface area (Å²) in [6, 6.07) is 9.67. The summed E-state index contributed by atoms with van der Waals surface area (Å²) in [5.74, 6) is 6.37. The Bertz CT molecular complexity index is 516. The molecule has 1 unspecified atom stereocenters. The van der Waals surface area contributed by atoms with Gasteiger partial charge in [0, 0.05) is 15.5 Å². The zero-order valence-electron chi connectivity index (χ0n) is 9.40. The molecule has 1 aromatic heterocycles. The lowest BCUT2D eigenvalue weighted by molar-refractivity contribution is 0.620. The first kappa shape index (κ1) is 14.2. The lowest BCUT2D eigenvalue weighted by Crippen LogP contribution is -2.29. The third-order valence-corrected chi connectivity index (χ3v) is 5.49. The molecule has 0 bridgehead atoms. The molecule has 2 nitrogen and oxygen atoms in total. The highest BCUT2D eigenvalue weighted by Crippen LogP contribution is 2.34. The molecule has 3 N–H and O–H groups in total. The van der Waals surface area contributed by atoms with Crippen LogP contribution in [0.15, 0.2) is 40.6 Å². The van der Waals surface area contributed by atoms with Crippen LogP contribution in [-0.4, -0.2) is 5.75 Å². The number of nitrogens with two attached hydrogens (primary N) is 1. The number of thiophene rings is 1. The van der Waals surface area contributed by atoms with Gasteiger partial charge >= 0.3 is 0 Å². The van der Waals surface area contributed by atoms with Crippen LogP contribution in [0.25, 0.3) is 0 Å². The van der Waals surface area contributed by atoms with Crippen molar-refractivity contribution >= 4 is 46.3 Å². The van der Waals surface area contributed by atoms with Gasteiger partial charge in [0.1, 0.15) is 0 Å². The van der Waals surface area contributed by atoms with Gasteiger partial charge in [0.2, 0.25) is 0 Å². The Labute approximate surface area is 124 Å². The van der Waals surface area contributed by atoms with Gasteiger partial charge in [-0.1, -0.05) is 35.3 Å². The zero-order valence-corrected chi connectivity index (χ0v) is 12.5. The van der Waals surface area contributed by atoms with Crippen molar-refractivity contribution in [2.75, 3.05) is 5.75 Å². The van der Waals surface area contributed by atoms with Crippen LogP contribution in [0.2, 0.25) is 10.0 Å². The van der Waals surface area contributed by atoms with Crippen LogP contribution in [-0.2, 0) is 0 Å². The zero-order chi connectivity index (χ0) is 13.0. The molecule has 0 fully saturated rings. The fraction of sp³-hybridized carbons (Fsp3) is 0.167. The van der Waals surface area contributed by atoms with Gasteiger partial charge in [0.25, 0.3) is 0 Å². The number of benzene rings is 1. The summed E-state index contributed by atoms with van der Waals surface area (Å²) in [5, 5.41) is 3.47. The Kier molecular flexibility index (Phi) is 5.36. The standard InChI is InChI=1S/C12H12Cl2N2S2/c13-8-3-1-2-4-11(8)18-7-10(16-15)12-9(14)5-6-17-12/h1-6,10,16H,7,15H2. The van der Waals surface area contributed by atoms with Crippen LogP contribution in [0.3, 0.4) is 0 Å². The van der Waals surface area contributed by atoms with Crippen LogP contribution < -0.4 is 11.3 Å². The summed E-state index contributed by atoms with van der Waals surface area (Å²) < 4.78 is 0. The third kappa shape index (κ3) is 3.41. The van der Waals surface area contributed by atoms with Crippen LogP contribution in [0.5, 0.6) is 0 Å². The van der Waals surface area contributed by atoms with Crippen molar-refractivity contribution < 1.29 is 0 Å². The highest BCUT2D eigenvalue weighted by molar-refractivity contribution is 7.99. The quantitative estimate of drug-likeness (QED) is 0.489. The largest absolute Gasteiger partial charge is 0.271 e. The van der Waals surface area contributed by atoms with E-state index in [1.165, 1.54) is 0 Å². The van der Waals surface area contributed by atoms with E-state index < -0.39 is 0 Å².